The van der Waals surface area contributed by atoms with Crippen molar-refractivity contribution in [2.75, 3.05) is 0 Å². The van der Waals surface area contributed by atoms with Crippen LogP contribution in [0.15, 0.2) is 176 Å². The second kappa shape index (κ2) is 27.7. The van der Waals surface area contributed by atoms with E-state index in [0.717, 1.165) is 99.1 Å². The third kappa shape index (κ3) is 12.8. The topological polar surface area (TPSA) is 120 Å². The van der Waals surface area contributed by atoms with Crippen LogP contribution in [0, 0.1) is 69.2 Å². The SMILES string of the molecule is Cc1cc(-c2c(C)ccc3c2oc2ncccc23)[n+](C)cc1C(C)C.Cc1cc(-c2c(C)ccc3c2oc2ncccc23)[n+](C)cc1C(C)C.Cc1ccc2c(n1)oc1c(-c3cc(C)c(C(C)C)c[n+]3C)c(C)ccc12.Cc1ccc2c(n1)oc1c(-c3cc(C)c(C(C)C)c[n+]3C)c(C)ccc12. The van der Waals surface area contributed by atoms with Gasteiger partial charge in [-0.2, -0.15) is 0 Å². The Hall–Kier alpha value is -10.7. The normalized spacial score (nSPS) is 11.8. The summed E-state index contributed by atoms with van der Waals surface area (Å²) >= 11 is 0. The second-order valence-corrected chi connectivity index (χ2v) is 29.5. The molecule has 0 bridgehead atoms. The Labute approximate surface area is 599 Å². The number of aromatic nitrogens is 8. The lowest BCUT2D eigenvalue weighted by atomic mass is 9.96. The average Bonchev–Trinajstić information content (AvgIpc) is 1.57. The van der Waals surface area contributed by atoms with Crippen molar-refractivity contribution in [3.63, 3.8) is 0 Å². The van der Waals surface area contributed by atoms with Crippen LogP contribution in [0.5, 0.6) is 0 Å². The zero-order valence-corrected chi connectivity index (χ0v) is 63.5. The predicted octanol–water partition coefficient (Wildman–Crippen LogP) is 21.5. The molecule has 0 amide bonds. The Bertz CT molecular complexity index is 5610. The maximum absolute atomic E-state index is 6.25. The number of furan rings is 4. The van der Waals surface area contributed by atoms with Gasteiger partial charge in [-0.25, -0.2) is 38.2 Å². The van der Waals surface area contributed by atoms with Crippen molar-refractivity contribution in [3.05, 3.63) is 237 Å². The molecule has 0 atom stereocenters. The van der Waals surface area contributed by atoms with E-state index < -0.39 is 0 Å². The van der Waals surface area contributed by atoms with Gasteiger partial charge in [-0.15, -0.1) is 0 Å². The Morgan fingerprint density at radius 2 is 0.510 bits per heavy atom. The van der Waals surface area contributed by atoms with Gasteiger partial charge in [-0.1, -0.05) is 104 Å². The fraction of sp³-hybridized carbons (Fsp3) is 0.289. The van der Waals surface area contributed by atoms with Gasteiger partial charge in [0, 0.05) is 113 Å². The lowest BCUT2D eigenvalue weighted by Gasteiger charge is -2.11. The standard InChI is InChI=1S/2C23H25N2O.2C22H23N2O/c2*1-13(2)19-12-25(6)20(11-15(19)4)21-14(3)7-9-17-18-10-8-16(5)24-23(18)26-22(17)21;2*1-13(2)18-12-24(5)19(11-15(18)4)20-14(3)8-9-16-17-7-6-10-23-22(17)25-21(16)20/h2*7-13H,1-6H3;2*6-13H,1-5H3/q4*+1. The van der Waals surface area contributed by atoms with Gasteiger partial charge in [-0.3, -0.25) is 0 Å². The highest BCUT2D eigenvalue weighted by Gasteiger charge is 2.28. The van der Waals surface area contributed by atoms with Crippen LogP contribution in [-0.4, -0.2) is 19.9 Å². The molecule has 0 aliphatic rings. The van der Waals surface area contributed by atoms with Crippen molar-refractivity contribution >= 4 is 88.3 Å². The molecule has 0 fully saturated rings. The summed E-state index contributed by atoms with van der Waals surface area (Å²) < 4.78 is 33.7. The van der Waals surface area contributed by atoms with E-state index in [1.54, 1.807) is 12.4 Å². The van der Waals surface area contributed by atoms with Crippen molar-refractivity contribution < 1.29 is 35.9 Å². The first kappa shape index (κ1) is 69.7. The largest absolute Gasteiger partial charge is 0.437 e. The fourth-order valence-corrected chi connectivity index (χ4v) is 15.1. The van der Waals surface area contributed by atoms with Crippen LogP contribution in [0.2, 0.25) is 0 Å². The molecule has 12 heteroatoms. The van der Waals surface area contributed by atoms with E-state index in [2.05, 4.69) is 299 Å². The van der Waals surface area contributed by atoms with Gasteiger partial charge < -0.3 is 17.7 Å². The van der Waals surface area contributed by atoms with Gasteiger partial charge in [0.1, 0.15) is 28.2 Å². The molecule has 12 aromatic heterocycles. The second-order valence-electron chi connectivity index (χ2n) is 29.5. The smallest absolute Gasteiger partial charge is 0.227 e. The first-order valence-electron chi connectivity index (χ1n) is 35.8. The van der Waals surface area contributed by atoms with Crippen molar-refractivity contribution in [1.82, 2.24) is 19.9 Å². The third-order valence-electron chi connectivity index (χ3n) is 20.6. The Morgan fingerprint density at radius 1 is 0.275 bits per heavy atom. The molecule has 4 aromatic carbocycles. The summed E-state index contributed by atoms with van der Waals surface area (Å²) in [6.07, 6.45) is 12.5. The van der Waals surface area contributed by atoms with Gasteiger partial charge in [0.15, 0.2) is 47.1 Å². The predicted molar refractivity (Wildman–Crippen MR) is 416 cm³/mol. The van der Waals surface area contributed by atoms with E-state index in [4.69, 9.17) is 17.7 Å². The number of nitrogens with zero attached hydrogens (tertiary/aromatic N) is 8. The van der Waals surface area contributed by atoms with Gasteiger partial charge in [0.05, 0.1) is 22.3 Å². The van der Waals surface area contributed by atoms with Crippen LogP contribution in [-0.2, 0) is 28.2 Å². The molecule has 0 aliphatic carbocycles. The van der Waals surface area contributed by atoms with Crippen LogP contribution < -0.4 is 18.3 Å². The molecular weight excluding hydrogens is 1260 g/mol. The molecule has 0 saturated heterocycles. The minimum Gasteiger partial charge on any atom is -0.437 e. The minimum atomic E-state index is 0.505. The van der Waals surface area contributed by atoms with E-state index in [9.17, 15) is 0 Å². The molecule has 0 aliphatic heterocycles. The van der Waals surface area contributed by atoms with Crippen LogP contribution in [0.25, 0.3) is 133 Å². The van der Waals surface area contributed by atoms with Crippen LogP contribution in [0.4, 0.5) is 0 Å². The van der Waals surface area contributed by atoms with Crippen LogP contribution in [0.3, 0.4) is 0 Å². The molecule has 0 saturated carbocycles. The first-order valence-corrected chi connectivity index (χ1v) is 35.8. The maximum Gasteiger partial charge on any atom is 0.227 e. The zero-order valence-electron chi connectivity index (χ0n) is 63.5. The summed E-state index contributed by atoms with van der Waals surface area (Å²) in [5, 5.41) is 8.77. The van der Waals surface area contributed by atoms with E-state index in [1.165, 1.54) is 89.5 Å². The molecule has 102 heavy (non-hydrogen) atoms. The van der Waals surface area contributed by atoms with Crippen LogP contribution >= 0.6 is 0 Å². The third-order valence-corrected chi connectivity index (χ3v) is 20.6. The number of aryl methyl sites for hydroxylation is 14. The molecule has 516 valence electrons. The van der Waals surface area contributed by atoms with E-state index in [0.29, 0.717) is 46.5 Å². The summed E-state index contributed by atoms with van der Waals surface area (Å²) in [5.41, 5.74) is 33.3. The summed E-state index contributed by atoms with van der Waals surface area (Å²) in [4.78, 5) is 17.9. The Balaban J connectivity index is 0.000000121. The molecule has 0 N–H and O–H groups in total. The van der Waals surface area contributed by atoms with Gasteiger partial charge in [0.2, 0.25) is 45.6 Å². The molecular formula is C90H96N8O4+4. The lowest BCUT2D eigenvalue weighted by molar-refractivity contribution is -0.661. The summed E-state index contributed by atoms with van der Waals surface area (Å²) in [5.74, 6) is 2.02. The van der Waals surface area contributed by atoms with Gasteiger partial charge in [-0.05, 0) is 186 Å². The van der Waals surface area contributed by atoms with E-state index >= 15 is 0 Å². The Kier molecular flexibility index (Phi) is 18.9. The maximum atomic E-state index is 6.25. The van der Waals surface area contributed by atoms with Crippen molar-refractivity contribution in [2.45, 2.75) is 148 Å². The van der Waals surface area contributed by atoms with Crippen LogP contribution in [0.1, 0.15) is 157 Å². The molecule has 12 heterocycles. The molecule has 16 rings (SSSR count). The van der Waals surface area contributed by atoms with Gasteiger partial charge >= 0.3 is 0 Å². The Morgan fingerprint density at radius 3 is 0.765 bits per heavy atom. The molecule has 0 unspecified atom stereocenters. The number of hydrogen-bond acceptors (Lipinski definition) is 8. The average molecular weight is 1350 g/mol. The molecule has 0 spiro atoms. The lowest BCUT2D eigenvalue weighted by Crippen LogP contribution is -2.32. The van der Waals surface area contributed by atoms with Crippen molar-refractivity contribution in [1.29, 1.82) is 0 Å². The number of fused-ring (bicyclic) bond motifs is 12. The summed E-state index contributed by atoms with van der Waals surface area (Å²) in [7, 11) is 8.45. The van der Waals surface area contributed by atoms with Crippen molar-refractivity contribution in [2.24, 2.45) is 28.2 Å². The highest BCUT2D eigenvalue weighted by molar-refractivity contribution is 6.12. The number of benzene rings is 4. The number of rotatable bonds is 8. The zero-order chi connectivity index (χ0) is 72.6. The van der Waals surface area contributed by atoms with Gasteiger partial charge in [0.25, 0.3) is 0 Å². The highest BCUT2D eigenvalue weighted by Crippen LogP contribution is 2.42. The highest BCUT2D eigenvalue weighted by atomic mass is 16.4. The summed E-state index contributed by atoms with van der Waals surface area (Å²) in [6, 6.07) is 42.7. The molecule has 0 radical (unpaired) electrons. The van der Waals surface area contributed by atoms with E-state index in [-0.39, 0.29) is 0 Å². The number of hydrogen-bond donors (Lipinski definition) is 0. The molecule has 16 aromatic rings. The fourth-order valence-electron chi connectivity index (χ4n) is 15.1. The van der Waals surface area contributed by atoms with Crippen molar-refractivity contribution in [3.8, 4) is 45.0 Å². The summed E-state index contributed by atoms with van der Waals surface area (Å²) in [6.45, 7) is 39.2. The quantitative estimate of drug-likeness (QED) is 0.138. The monoisotopic (exact) mass is 1350 g/mol. The van der Waals surface area contributed by atoms with E-state index in [1.807, 2.05) is 38.1 Å². The minimum absolute atomic E-state index is 0.505. The molecule has 12 nitrogen and oxygen atoms in total. The number of pyridine rings is 8. The first-order chi connectivity index (χ1) is 48.7.